The highest BCUT2D eigenvalue weighted by Gasteiger charge is 2.27. The molecule has 0 aliphatic heterocycles. The summed E-state index contributed by atoms with van der Waals surface area (Å²) in [5, 5.41) is 2.56. The first-order valence-electron chi connectivity index (χ1n) is 8.81. The third kappa shape index (κ3) is 5.18. The Morgan fingerprint density at radius 3 is 1.77 bits per heavy atom. The number of rotatable bonds is 7. The van der Waals surface area contributed by atoms with Crippen LogP contribution < -0.4 is 9.62 Å². The van der Waals surface area contributed by atoms with Gasteiger partial charge >= 0.3 is 0 Å². The molecular weight excluding hydrogens is 417 g/mol. The van der Waals surface area contributed by atoms with Gasteiger partial charge in [0.1, 0.15) is 24.0 Å². The van der Waals surface area contributed by atoms with Crippen molar-refractivity contribution < 1.29 is 26.4 Å². The summed E-state index contributed by atoms with van der Waals surface area (Å²) in [5.74, 6) is -2.23. The molecule has 3 rings (SSSR count). The van der Waals surface area contributed by atoms with Gasteiger partial charge in [-0.05, 0) is 66.2 Å². The van der Waals surface area contributed by atoms with E-state index in [1.165, 1.54) is 36.4 Å². The Kier molecular flexibility index (Phi) is 6.41. The molecule has 0 aliphatic carbocycles. The first-order chi connectivity index (χ1) is 14.3. The van der Waals surface area contributed by atoms with E-state index >= 15 is 0 Å². The van der Waals surface area contributed by atoms with Gasteiger partial charge in [-0.15, -0.1) is 0 Å². The van der Waals surface area contributed by atoms with Crippen LogP contribution in [0.1, 0.15) is 5.56 Å². The summed E-state index contributed by atoms with van der Waals surface area (Å²) in [5.41, 5.74) is 0.692. The molecule has 3 aromatic carbocycles. The van der Waals surface area contributed by atoms with Gasteiger partial charge in [0.15, 0.2) is 0 Å². The highest BCUT2D eigenvalue weighted by Crippen LogP contribution is 2.24. The number of benzene rings is 3. The second-order valence-corrected chi connectivity index (χ2v) is 8.21. The summed E-state index contributed by atoms with van der Waals surface area (Å²) in [6, 6.07) is 14.2. The van der Waals surface area contributed by atoms with E-state index in [2.05, 4.69) is 5.32 Å². The Labute approximate surface area is 171 Å². The number of sulfonamides is 1. The lowest BCUT2D eigenvalue weighted by Gasteiger charge is -2.24. The van der Waals surface area contributed by atoms with Gasteiger partial charge in [-0.2, -0.15) is 0 Å². The summed E-state index contributed by atoms with van der Waals surface area (Å²) in [6.45, 7) is -0.528. The number of hydrogen-bond acceptors (Lipinski definition) is 3. The van der Waals surface area contributed by atoms with E-state index in [4.69, 9.17) is 0 Å². The van der Waals surface area contributed by atoms with Gasteiger partial charge in [-0.1, -0.05) is 12.1 Å². The smallest absolute Gasteiger partial charge is 0.264 e. The minimum absolute atomic E-state index is 0.0625. The van der Waals surface area contributed by atoms with E-state index in [-0.39, 0.29) is 17.1 Å². The van der Waals surface area contributed by atoms with Gasteiger partial charge in [0.25, 0.3) is 10.0 Å². The molecule has 0 unspecified atom stereocenters. The lowest BCUT2D eigenvalue weighted by atomic mass is 10.2. The van der Waals surface area contributed by atoms with E-state index < -0.39 is 39.9 Å². The first kappa shape index (κ1) is 21.4. The molecule has 5 nitrogen and oxygen atoms in total. The minimum atomic E-state index is -4.23. The van der Waals surface area contributed by atoms with Gasteiger partial charge in [-0.25, -0.2) is 21.6 Å². The van der Waals surface area contributed by atoms with Crippen molar-refractivity contribution in [3.63, 3.8) is 0 Å². The third-order valence-electron chi connectivity index (χ3n) is 4.21. The second-order valence-electron chi connectivity index (χ2n) is 6.35. The standard InChI is InChI=1S/C21H17F3N2O3S/c22-16-3-1-15(2-4-16)13-25-21(27)14-26(19-9-5-17(23)6-10-19)30(28,29)20-11-7-18(24)8-12-20/h1-12H,13-14H2,(H,25,27). The molecule has 0 radical (unpaired) electrons. The molecule has 0 bridgehead atoms. The molecule has 0 saturated carbocycles. The highest BCUT2D eigenvalue weighted by molar-refractivity contribution is 7.92. The van der Waals surface area contributed by atoms with E-state index in [9.17, 15) is 26.4 Å². The molecular formula is C21H17F3N2O3S. The summed E-state index contributed by atoms with van der Waals surface area (Å²) in [6.07, 6.45) is 0. The number of amides is 1. The molecule has 0 aromatic heterocycles. The van der Waals surface area contributed by atoms with Crippen LogP contribution in [0.3, 0.4) is 0 Å². The van der Waals surface area contributed by atoms with Gasteiger partial charge in [-0.3, -0.25) is 9.10 Å². The Bertz CT molecular complexity index is 1120. The third-order valence-corrected chi connectivity index (χ3v) is 5.99. The lowest BCUT2D eigenvalue weighted by Crippen LogP contribution is -2.40. The summed E-state index contributed by atoms with van der Waals surface area (Å²) in [7, 11) is -4.23. The van der Waals surface area contributed by atoms with E-state index in [1.807, 2.05) is 0 Å². The zero-order chi connectivity index (χ0) is 21.7. The fraction of sp³-hybridized carbons (Fsp3) is 0.0952. The van der Waals surface area contributed by atoms with Gasteiger partial charge in [0.05, 0.1) is 10.6 Å². The van der Waals surface area contributed by atoms with Crippen molar-refractivity contribution in [2.75, 3.05) is 10.8 Å². The quantitative estimate of drug-likeness (QED) is 0.618. The molecule has 0 saturated heterocycles. The fourth-order valence-electron chi connectivity index (χ4n) is 2.65. The molecule has 0 atom stereocenters. The Morgan fingerprint density at radius 1 is 0.767 bits per heavy atom. The topological polar surface area (TPSA) is 66.5 Å². The van der Waals surface area contributed by atoms with E-state index in [0.717, 1.165) is 40.7 Å². The maximum Gasteiger partial charge on any atom is 0.264 e. The van der Waals surface area contributed by atoms with Crippen LogP contribution in [-0.2, 0) is 21.4 Å². The Hall–Kier alpha value is -3.33. The van der Waals surface area contributed by atoms with E-state index in [1.54, 1.807) is 0 Å². The zero-order valence-corrected chi connectivity index (χ0v) is 16.4. The predicted octanol–water partition coefficient (Wildman–Crippen LogP) is 3.62. The normalized spacial score (nSPS) is 11.2. The van der Waals surface area contributed by atoms with Crippen LogP contribution in [-0.4, -0.2) is 20.9 Å². The average molecular weight is 434 g/mol. The molecule has 1 N–H and O–H groups in total. The van der Waals surface area contributed by atoms with Crippen molar-refractivity contribution in [3.05, 3.63) is 95.8 Å². The summed E-state index contributed by atoms with van der Waals surface area (Å²) in [4.78, 5) is 12.2. The Balaban J connectivity index is 1.84. The number of anilines is 1. The molecule has 1 amide bonds. The van der Waals surface area contributed by atoms with Gasteiger partial charge in [0, 0.05) is 6.54 Å². The average Bonchev–Trinajstić information content (AvgIpc) is 2.72. The van der Waals surface area contributed by atoms with Gasteiger partial charge in [0.2, 0.25) is 5.91 Å². The monoisotopic (exact) mass is 434 g/mol. The van der Waals surface area contributed by atoms with Crippen LogP contribution in [0, 0.1) is 17.5 Å². The van der Waals surface area contributed by atoms with Crippen molar-refractivity contribution in [1.82, 2.24) is 5.32 Å². The second kappa shape index (κ2) is 9.00. The number of nitrogens with one attached hydrogen (secondary N) is 1. The van der Waals surface area contributed by atoms with E-state index in [0.29, 0.717) is 5.56 Å². The minimum Gasteiger partial charge on any atom is -0.350 e. The number of halogens is 3. The summed E-state index contributed by atoms with van der Waals surface area (Å²) < 4.78 is 66.4. The Morgan fingerprint density at radius 2 is 1.23 bits per heavy atom. The van der Waals surface area contributed by atoms with Crippen LogP contribution in [0.4, 0.5) is 18.9 Å². The molecule has 3 aromatic rings. The fourth-order valence-corrected chi connectivity index (χ4v) is 4.07. The van der Waals surface area contributed by atoms with Crippen LogP contribution in [0.15, 0.2) is 77.7 Å². The van der Waals surface area contributed by atoms with Crippen molar-refractivity contribution in [2.45, 2.75) is 11.4 Å². The van der Waals surface area contributed by atoms with Crippen LogP contribution in [0.5, 0.6) is 0 Å². The number of nitrogens with zero attached hydrogens (tertiary/aromatic N) is 1. The molecule has 0 fully saturated rings. The molecule has 0 spiro atoms. The predicted molar refractivity (Wildman–Crippen MR) is 106 cm³/mol. The molecule has 30 heavy (non-hydrogen) atoms. The molecule has 0 aliphatic rings. The highest BCUT2D eigenvalue weighted by atomic mass is 32.2. The first-order valence-corrected chi connectivity index (χ1v) is 10.2. The van der Waals surface area contributed by atoms with Gasteiger partial charge < -0.3 is 5.32 Å². The molecule has 156 valence electrons. The lowest BCUT2D eigenvalue weighted by molar-refractivity contribution is -0.119. The number of hydrogen-bond donors (Lipinski definition) is 1. The zero-order valence-electron chi connectivity index (χ0n) is 15.6. The maximum absolute atomic E-state index is 13.3. The maximum atomic E-state index is 13.3. The van der Waals surface area contributed by atoms with Crippen molar-refractivity contribution >= 4 is 21.6 Å². The van der Waals surface area contributed by atoms with Crippen LogP contribution in [0.25, 0.3) is 0 Å². The molecule has 0 heterocycles. The number of carbonyl (C=O) groups excluding carboxylic acids is 1. The SMILES string of the molecule is O=C(CN(c1ccc(F)cc1)S(=O)(=O)c1ccc(F)cc1)NCc1ccc(F)cc1. The molecule has 9 heteroatoms. The number of carbonyl (C=O) groups is 1. The van der Waals surface area contributed by atoms with Crippen LogP contribution in [0.2, 0.25) is 0 Å². The van der Waals surface area contributed by atoms with Crippen molar-refractivity contribution in [3.8, 4) is 0 Å². The van der Waals surface area contributed by atoms with Crippen LogP contribution >= 0.6 is 0 Å². The van der Waals surface area contributed by atoms with Crippen molar-refractivity contribution in [1.29, 1.82) is 0 Å². The summed E-state index contributed by atoms with van der Waals surface area (Å²) >= 11 is 0. The van der Waals surface area contributed by atoms with Crippen molar-refractivity contribution in [2.24, 2.45) is 0 Å². The largest absolute Gasteiger partial charge is 0.350 e.